The molecule has 0 spiro atoms. The number of nitrogens with zero attached hydrogens (tertiary/aromatic N) is 2. The molecule has 1 aromatic rings. The van der Waals surface area contributed by atoms with Crippen molar-refractivity contribution in [2.24, 2.45) is 0 Å². The SMILES string of the molecule is Cc1cccc(CN(C)C(=O)[C@@H]2CC[C@H](C(=O)O)O2)n1. The van der Waals surface area contributed by atoms with Gasteiger partial charge in [0.05, 0.1) is 12.2 Å². The molecule has 0 unspecified atom stereocenters. The molecule has 1 amide bonds. The van der Waals surface area contributed by atoms with E-state index in [9.17, 15) is 9.59 Å². The number of likely N-dealkylation sites (N-methyl/N-ethyl adjacent to an activating group) is 1. The van der Waals surface area contributed by atoms with Gasteiger partial charge >= 0.3 is 5.97 Å². The number of aryl methyl sites for hydroxylation is 1. The first-order chi connectivity index (χ1) is 9.47. The van der Waals surface area contributed by atoms with E-state index in [1.165, 1.54) is 4.90 Å². The van der Waals surface area contributed by atoms with Gasteiger partial charge in [-0.1, -0.05) is 6.07 Å². The zero-order chi connectivity index (χ0) is 14.7. The van der Waals surface area contributed by atoms with Crippen LogP contribution in [-0.2, 0) is 20.9 Å². The maximum absolute atomic E-state index is 12.2. The number of carboxylic acids is 1. The second kappa shape index (κ2) is 6.00. The van der Waals surface area contributed by atoms with E-state index < -0.39 is 18.2 Å². The minimum atomic E-state index is -1.01. The summed E-state index contributed by atoms with van der Waals surface area (Å²) in [5.74, 6) is -1.21. The van der Waals surface area contributed by atoms with Crippen molar-refractivity contribution in [1.29, 1.82) is 0 Å². The van der Waals surface area contributed by atoms with Gasteiger partial charge in [-0.15, -0.1) is 0 Å². The molecule has 1 aliphatic heterocycles. The molecule has 0 saturated carbocycles. The molecule has 1 fully saturated rings. The van der Waals surface area contributed by atoms with Crippen LogP contribution >= 0.6 is 0 Å². The second-order valence-corrected chi connectivity index (χ2v) is 4.99. The van der Waals surface area contributed by atoms with Crippen LogP contribution in [0.3, 0.4) is 0 Å². The fourth-order valence-corrected chi connectivity index (χ4v) is 2.25. The average Bonchev–Trinajstić information content (AvgIpc) is 2.87. The first-order valence-electron chi connectivity index (χ1n) is 6.53. The number of ether oxygens (including phenoxy) is 1. The summed E-state index contributed by atoms with van der Waals surface area (Å²) in [5.41, 5.74) is 1.69. The Hall–Kier alpha value is -1.95. The molecule has 2 heterocycles. The fourth-order valence-electron chi connectivity index (χ4n) is 2.25. The van der Waals surface area contributed by atoms with Gasteiger partial charge in [0.25, 0.3) is 5.91 Å². The summed E-state index contributed by atoms with van der Waals surface area (Å²) in [5, 5.41) is 8.86. The highest BCUT2D eigenvalue weighted by Gasteiger charge is 2.36. The lowest BCUT2D eigenvalue weighted by Crippen LogP contribution is -2.37. The van der Waals surface area contributed by atoms with Crippen molar-refractivity contribution in [2.75, 3.05) is 7.05 Å². The van der Waals surface area contributed by atoms with Crippen molar-refractivity contribution in [3.8, 4) is 0 Å². The van der Waals surface area contributed by atoms with Crippen LogP contribution in [0.5, 0.6) is 0 Å². The Balaban J connectivity index is 1.94. The van der Waals surface area contributed by atoms with Crippen LogP contribution in [0.1, 0.15) is 24.2 Å². The van der Waals surface area contributed by atoms with E-state index in [-0.39, 0.29) is 5.91 Å². The number of amides is 1. The van der Waals surface area contributed by atoms with Crippen LogP contribution in [0.2, 0.25) is 0 Å². The molecule has 1 saturated heterocycles. The number of pyridine rings is 1. The normalized spacial score (nSPS) is 21.7. The molecule has 2 rings (SSSR count). The summed E-state index contributed by atoms with van der Waals surface area (Å²) in [4.78, 5) is 28.9. The maximum atomic E-state index is 12.2. The van der Waals surface area contributed by atoms with E-state index >= 15 is 0 Å². The highest BCUT2D eigenvalue weighted by Crippen LogP contribution is 2.21. The van der Waals surface area contributed by atoms with Gasteiger partial charge in [0, 0.05) is 12.7 Å². The van der Waals surface area contributed by atoms with Gasteiger partial charge in [0.1, 0.15) is 6.10 Å². The number of aromatic nitrogens is 1. The van der Waals surface area contributed by atoms with E-state index in [2.05, 4.69) is 4.98 Å². The number of carbonyl (C=O) groups is 2. The van der Waals surface area contributed by atoms with Gasteiger partial charge in [-0.05, 0) is 31.9 Å². The number of hydrogen-bond donors (Lipinski definition) is 1. The maximum Gasteiger partial charge on any atom is 0.332 e. The van der Waals surface area contributed by atoms with Crippen molar-refractivity contribution >= 4 is 11.9 Å². The Morgan fingerprint density at radius 2 is 2.10 bits per heavy atom. The van der Waals surface area contributed by atoms with Crippen molar-refractivity contribution in [2.45, 2.75) is 38.5 Å². The predicted molar refractivity (Wildman–Crippen MR) is 71.0 cm³/mol. The molecule has 0 aliphatic carbocycles. The van der Waals surface area contributed by atoms with Crippen LogP contribution in [0, 0.1) is 6.92 Å². The highest BCUT2D eigenvalue weighted by atomic mass is 16.5. The first kappa shape index (κ1) is 14.5. The molecule has 1 aromatic heterocycles. The van der Waals surface area contributed by atoms with Gasteiger partial charge < -0.3 is 14.7 Å². The molecular weight excluding hydrogens is 260 g/mol. The third kappa shape index (κ3) is 3.33. The summed E-state index contributed by atoms with van der Waals surface area (Å²) in [6, 6.07) is 5.64. The third-order valence-corrected chi connectivity index (χ3v) is 3.29. The molecule has 6 nitrogen and oxygen atoms in total. The number of rotatable bonds is 4. The highest BCUT2D eigenvalue weighted by molar-refractivity contribution is 5.82. The minimum Gasteiger partial charge on any atom is -0.479 e. The van der Waals surface area contributed by atoms with E-state index in [0.717, 1.165) is 11.4 Å². The lowest BCUT2D eigenvalue weighted by Gasteiger charge is -2.20. The number of carboxylic acid groups (broad SMARTS) is 1. The van der Waals surface area contributed by atoms with Gasteiger partial charge in [0.2, 0.25) is 0 Å². The van der Waals surface area contributed by atoms with Crippen LogP contribution in [0.25, 0.3) is 0 Å². The molecule has 0 aromatic carbocycles. The Kier molecular flexibility index (Phi) is 4.34. The molecule has 108 valence electrons. The number of hydrogen-bond acceptors (Lipinski definition) is 4. The molecule has 0 radical (unpaired) electrons. The van der Waals surface area contributed by atoms with Crippen molar-refractivity contribution in [3.05, 3.63) is 29.6 Å². The van der Waals surface area contributed by atoms with E-state index in [1.807, 2.05) is 25.1 Å². The van der Waals surface area contributed by atoms with E-state index in [4.69, 9.17) is 9.84 Å². The standard InChI is InChI=1S/C14H18N2O4/c1-9-4-3-5-10(15-9)8-16(2)13(17)11-6-7-12(20-11)14(18)19/h3-5,11-12H,6-8H2,1-2H3,(H,18,19)/t11-,12+/m0/s1. The average molecular weight is 278 g/mol. The summed E-state index contributed by atoms with van der Waals surface area (Å²) >= 11 is 0. The number of carbonyl (C=O) groups excluding carboxylic acids is 1. The molecular formula is C14H18N2O4. The smallest absolute Gasteiger partial charge is 0.332 e. The molecule has 1 N–H and O–H groups in total. The molecule has 1 aliphatic rings. The Morgan fingerprint density at radius 3 is 2.70 bits per heavy atom. The van der Waals surface area contributed by atoms with Gasteiger partial charge in [-0.3, -0.25) is 9.78 Å². The summed E-state index contributed by atoms with van der Waals surface area (Å²) in [7, 11) is 1.67. The summed E-state index contributed by atoms with van der Waals surface area (Å²) in [6.45, 7) is 2.28. The third-order valence-electron chi connectivity index (χ3n) is 3.29. The van der Waals surface area contributed by atoms with Gasteiger partial charge in [-0.25, -0.2) is 4.79 Å². The minimum absolute atomic E-state index is 0.197. The number of aliphatic carboxylic acids is 1. The van der Waals surface area contributed by atoms with Gasteiger partial charge in [-0.2, -0.15) is 0 Å². The summed E-state index contributed by atoms with van der Waals surface area (Å²) in [6.07, 6.45) is -0.704. The molecule has 2 atom stereocenters. The van der Waals surface area contributed by atoms with E-state index in [0.29, 0.717) is 19.4 Å². The lowest BCUT2D eigenvalue weighted by molar-refractivity contribution is -0.154. The zero-order valence-corrected chi connectivity index (χ0v) is 11.6. The van der Waals surface area contributed by atoms with Gasteiger partial charge in [0.15, 0.2) is 6.10 Å². The van der Waals surface area contributed by atoms with Crippen LogP contribution in [-0.4, -0.2) is 46.1 Å². The molecule has 6 heteroatoms. The van der Waals surface area contributed by atoms with Crippen LogP contribution in [0.4, 0.5) is 0 Å². The van der Waals surface area contributed by atoms with Crippen molar-refractivity contribution in [3.63, 3.8) is 0 Å². The molecule has 20 heavy (non-hydrogen) atoms. The quantitative estimate of drug-likeness (QED) is 0.888. The largest absolute Gasteiger partial charge is 0.479 e. The van der Waals surface area contributed by atoms with Crippen LogP contribution in [0.15, 0.2) is 18.2 Å². The van der Waals surface area contributed by atoms with E-state index in [1.54, 1.807) is 7.05 Å². The second-order valence-electron chi connectivity index (χ2n) is 4.99. The zero-order valence-electron chi connectivity index (χ0n) is 11.6. The monoisotopic (exact) mass is 278 g/mol. The Labute approximate surface area is 117 Å². The van der Waals surface area contributed by atoms with Crippen molar-refractivity contribution < 1.29 is 19.4 Å². The van der Waals surface area contributed by atoms with Crippen molar-refractivity contribution in [1.82, 2.24) is 9.88 Å². The predicted octanol–water partition coefficient (Wildman–Crippen LogP) is 0.981. The van der Waals surface area contributed by atoms with Crippen LogP contribution < -0.4 is 0 Å². The first-order valence-corrected chi connectivity index (χ1v) is 6.53. The topological polar surface area (TPSA) is 79.7 Å². The summed E-state index contributed by atoms with van der Waals surface area (Å²) < 4.78 is 5.26. The Bertz CT molecular complexity index is 518. The molecule has 0 bridgehead atoms. The Morgan fingerprint density at radius 1 is 1.40 bits per heavy atom. The fraction of sp³-hybridized carbons (Fsp3) is 0.500. The lowest BCUT2D eigenvalue weighted by atomic mass is 10.2.